The van der Waals surface area contributed by atoms with Crippen molar-refractivity contribution < 1.29 is 9.53 Å². The van der Waals surface area contributed by atoms with Crippen molar-refractivity contribution in [3.8, 4) is 5.75 Å². The molecule has 1 unspecified atom stereocenters. The summed E-state index contributed by atoms with van der Waals surface area (Å²) in [5, 5.41) is 0. The van der Waals surface area contributed by atoms with E-state index in [4.69, 9.17) is 4.74 Å². The van der Waals surface area contributed by atoms with Crippen LogP contribution in [0.1, 0.15) is 42.9 Å². The van der Waals surface area contributed by atoms with E-state index >= 15 is 0 Å². The van der Waals surface area contributed by atoms with Crippen molar-refractivity contribution in [2.45, 2.75) is 38.2 Å². The number of rotatable bonds is 5. The number of benzene rings is 2. The Bertz CT molecular complexity index is 931. The lowest BCUT2D eigenvalue weighted by atomic mass is 9.81. The molecule has 0 amide bonds. The molecule has 29 heavy (non-hydrogen) atoms. The summed E-state index contributed by atoms with van der Waals surface area (Å²) in [5.74, 6) is 0.973. The molecule has 1 atom stereocenters. The number of ketones is 1. The molecule has 0 aromatic heterocycles. The second-order valence-electron chi connectivity index (χ2n) is 8.38. The number of nitrogens with zero attached hydrogens (tertiary/aromatic N) is 1. The highest BCUT2D eigenvalue weighted by Gasteiger charge is 2.41. The van der Waals surface area contributed by atoms with Crippen LogP contribution in [0.4, 0.5) is 0 Å². The van der Waals surface area contributed by atoms with E-state index in [9.17, 15) is 4.79 Å². The van der Waals surface area contributed by atoms with Crippen LogP contribution in [0.2, 0.25) is 0 Å². The van der Waals surface area contributed by atoms with Crippen molar-refractivity contribution in [1.29, 1.82) is 0 Å². The Labute approximate surface area is 173 Å². The molecule has 3 nitrogen and oxygen atoms in total. The maximum absolute atomic E-state index is 11.2. The van der Waals surface area contributed by atoms with Gasteiger partial charge in [0.1, 0.15) is 11.4 Å². The third-order valence-corrected chi connectivity index (χ3v) is 5.94. The molecular formula is C26H29NO2. The quantitative estimate of drug-likeness (QED) is 0.664. The third-order valence-electron chi connectivity index (χ3n) is 5.94. The minimum absolute atomic E-state index is 0.0505. The lowest BCUT2D eigenvalue weighted by molar-refractivity contribution is -0.112. The van der Waals surface area contributed by atoms with Crippen LogP contribution in [0.25, 0.3) is 11.6 Å². The second kappa shape index (κ2) is 8.38. The normalized spacial score (nSPS) is 21.9. The minimum Gasteiger partial charge on any atom is -0.485 e. The van der Waals surface area contributed by atoms with Gasteiger partial charge in [0.25, 0.3) is 0 Å². The van der Waals surface area contributed by atoms with Gasteiger partial charge in [-0.1, -0.05) is 49.1 Å². The van der Waals surface area contributed by atoms with Gasteiger partial charge in [0, 0.05) is 25.1 Å². The van der Waals surface area contributed by atoms with Crippen LogP contribution >= 0.6 is 0 Å². The first-order chi connectivity index (χ1) is 14.0. The van der Waals surface area contributed by atoms with Gasteiger partial charge in [-0.05, 0) is 67.6 Å². The maximum atomic E-state index is 11.2. The molecule has 2 aromatic carbocycles. The van der Waals surface area contributed by atoms with Crippen molar-refractivity contribution in [3.63, 3.8) is 0 Å². The summed E-state index contributed by atoms with van der Waals surface area (Å²) in [4.78, 5) is 13.8. The van der Waals surface area contributed by atoms with E-state index in [2.05, 4.69) is 47.9 Å². The maximum Gasteiger partial charge on any atom is 0.152 e. The molecule has 1 spiro atoms. The highest BCUT2D eigenvalue weighted by atomic mass is 16.5. The van der Waals surface area contributed by atoms with E-state index in [1.807, 2.05) is 18.2 Å². The fraction of sp³-hybridized carbons (Fsp3) is 0.346. The van der Waals surface area contributed by atoms with E-state index in [1.54, 1.807) is 13.0 Å². The zero-order valence-electron chi connectivity index (χ0n) is 17.2. The summed E-state index contributed by atoms with van der Waals surface area (Å²) in [5.41, 5.74) is 4.43. The molecule has 3 heteroatoms. The van der Waals surface area contributed by atoms with Gasteiger partial charge in [-0.3, -0.25) is 9.69 Å². The molecule has 0 radical (unpaired) electrons. The van der Waals surface area contributed by atoms with Crippen LogP contribution in [0, 0.1) is 0 Å². The van der Waals surface area contributed by atoms with Crippen LogP contribution in [0.5, 0.6) is 5.75 Å². The van der Waals surface area contributed by atoms with Gasteiger partial charge in [-0.2, -0.15) is 0 Å². The lowest BCUT2D eigenvalue weighted by Gasteiger charge is -2.46. The summed E-state index contributed by atoms with van der Waals surface area (Å²) < 4.78 is 6.60. The van der Waals surface area contributed by atoms with Crippen LogP contribution in [0.3, 0.4) is 0 Å². The third kappa shape index (κ3) is 4.68. The average Bonchev–Trinajstić information content (AvgIpc) is 2.72. The zero-order valence-corrected chi connectivity index (χ0v) is 17.2. The molecule has 0 bridgehead atoms. The predicted octanol–water partition coefficient (Wildman–Crippen LogP) is 5.16. The van der Waals surface area contributed by atoms with Gasteiger partial charge < -0.3 is 4.74 Å². The number of hydrogen-bond donors (Lipinski definition) is 0. The SMILES string of the molecule is C=C1CC2(CCCN(CCc3ccccc3)C2)Oc2ccc(C=CC(C)=O)cc21. The van der Waals surface area contributed by atoms with E-state index < -0.39 is 0 Å². The first kappa shape index (κ1) is 19.7. The molecule has 150 valence electrons. The van der Waals surface area contributed by atoms with Crippen molar-refractivity contribution >= 4 is 17.4 Å². The van der Waals surface area contributed by atoms with Crippen molar-refractivity contribution in [2.24, 2.45) is 0 Å². The molecule has 1 saturated heterocycles. The number of hydrogen-bond acceptors (Lipinski definition) is 3. The van der Waals surface area contributed by atoms with Gasteiger partial charge in [-0.15, -0.1) is 0 Å². The van der Waals surface area contributed by atoms with Crippen LogP contribution < -0.4 is 4.74 Å². The summed E-state index contributed by atoms with van der Waals surface area (Å²) in [7, 11) is 0. The Morgan fingerprint density at radius 1 is 1.24 bits per heavy atom. The van der Waals surface area contributed by atoms with Gasteiger partial charge >= 0.3 is 0 Å². The largest absolute Gasteiger partial charge is 0.485 e. The fourth-order valence-electron chi connectivity index (χ4n) is 4.52. The molecular weight excluding hydrogens is 358 g/mol. The van der Waals surface area contributed by atoms with Crippen LogP contribution in [0.15, 0.2) is 61.2 Å². The first-order valence-corrected chi connectivity index (χ1v) is 10.5. The van der Waals surface area contributed by atoms with Crippen LogP contribution in [-0.4, -0.2) is 35.9 Å². The Hall–Kier alpha value is -2.65. The Morgan fingerprint density at radius 2 is 2.07 bits per heavy atom. The summed E-state index contributed by atoms with van der Waals surface area (Å²) in [6.07, 6.45) is 7.60. The molecule has 2 aliphatic heterocycles. The fourth-order valence-corrected chi connectivity index (χ4v) is 4.52. The second-order valence-corrected chi connectivity index (χ2v) is 8.38. The topological polar surface area (TPSA) is 29.5 Å². The molecule has 2 aromatic rings. The number of allylic oxidation sites excluding steroid dienone is 1. The van der Waals surface area contributed by atoms with E-state index in [0.717, 1.165) is 67.8 Å². The number of carbonyl (C=O) groups excluding carboxylic acids is 1. The lowest BCUT2D eigenvalue weighted by Crippen LogP contribution is -2.53. The Morgan fingerprint density at radius 3 is 2.86 bits per heavy atom. The summed E-state index contributed by atoms with van der Waals surface area (Å²) >= 11 is 0. The van der Waals surface area contributed by atoms with Gasteiger partial charge in [0.2, 0.25) is 0 Å². The van der Waals surface area contributed by atoms with Gasteiger partial charge in [0.05, 0.1) is 0 Å². The van der Waals surface area contributed by atoms with Crippen molar-refractivity contribution in [2.75, 3.05) is 19.6 Å². The number of carbonyl (C=O) groups is 1. The molecule has 2 heterocycles. The Kier molecular flexibility index (Phi) is 5.68. The molecule has 0 N–H and O–H groups in total. The van der Waals surface area contributed by atoms with Crippen molar-refractivity contribution in [1.82, 2.24) is 4.90 Å². The smallest absolute Gasteiger partial charge is 0.152 e. The molecule has 0 aliphatic carbocycles. The average molecular weight is 388 g/mol. The van der Waals surface area contributed by atoms with Gasteiger partial charge in [0.15, 0.2) is 5.78 Å². The number of fused-ring (bicyclic) bond motifs is 1. The summed E-state index contributed by atoms with van der Waals surface area (Å²) in [6.45, 7) is 9.07. The monoisotopic (exact) mass is 387 g/mol. The number of piperidine rings is 1. The van der Waals surface area contributed by atoms with Crippen molar-refractivity contribution in [3.05, 3.63) is 77.9 Å². The molecule has 2 aliphatic rings. The summed E-state index contributed by atoms with van der Waals surface area (Å²) in [6, 6.07) is 16.8. The van der Waals surface area contributed by atoms with Gasteiger partial charge in [-0.25, -0.2) is 0 Å². The predicted molar refractivity (Wildman–Crippen MR) is 119 cm³/mol. The first-order valence-electron chi connectivity index (χ1n) is 10.5. The zero-order chi connectivity index (χ0) is 20.3. The molecule has 0 saturated carbocycles. The molecule has 4 rings (SSSR count). The minimum atomic E-state index is -0.171. The van der Waals surface area contributed by atoms with E-state index in [-0.39, 0.29) is 11.4 Å². The van der Waals surface area contributed by atoms with Crippen LogP contribution in [-0.2, 0) is 11.2 Å². The van der Waals surface area contributed by atoms with E-state index in [0.29, 0.717) is 0 Å². The Balaban J connectivity index is 1.46. The standard InChI is InChI=1S/C26H29NO2/c1-20-18-26(29-25-12-11-23(17-24(20)25)10-9-21(2)28)14-6-15-27(19-26)16-13-22-7-4-3-5-8-22/h3-5,7-12,17H,1,6,13-16,18-19H2,2H3. The number of ether oxygens (including phenoxy) is 1. The highest BCUT2D eigenvalue weighted by molar-refractivity contribution is 5.91. The highest BCUT2D eigenvalue weighted by Crippen LogP contribution is 2.43. The number of likely N-dealkylation sites (tertiary alicyclic amines) is 1. The van der Waals surface area contributed by atoms with E-state index in [1.165, 1.54) is 5.56 Å². The molecule has 1 fully saturated rings.